The van der Waals surface area contributed by atoms with Crippen molar-refractivity contribution >= 4 is 27.3 Å². The van der Waals surface area contributed by atoms with E-state index in [1.54, 1.807) is 32.0 Å². The van der Waals surface area contributed by atoms with Crippen LogP contribution in [0, 0.1) is 21.4 Å². The van der Waals surface area contributed by atoms with Crippen LogP contribution >= 0.6 is 0 Å². The molecule has 0 saturated heterocycles. The predicted molar refractivity (Wildman–Crippen MR) is 108 cm³/mol. The van der Waals surface area contributed by atoms with E-state index < -0.39 is 33.1 Å². The van der Waals surface area contributed by atoms with Crippen LogP contribution < -0.4 is 10.1 Å². The maximum absolute atomic E-state index is 12.6. The number of rotatable bonds is 9. The van der Waals surface area contributed by atoms with Crippen LogP contribution in [0.3, 0.4) is 0 Å². The molecule has 10 nitrogen and oxygen atoms in total. The molecular formula is C19H20N4O6S. The third kappa shape index (κ3) is 5.31. The van der Waals surface area contributed by atoms with Crippen molar-refractivity contribution < 1.29 is 22.9 Å². The Morgan fingerprint density at radius 2 is 1.93 bits per heavy atom. The minimum absolute atomic E-state index is 0.220. The molecule has 0 spiro atoms. The van der Waals surface area contributed by atoms with Crippen LogP contribution in [0.15, 0.2) is 47.4 Å². The van der Waals surface area contributed by atoms with Gasteiger partial charge in [0.25, 0.3) is 5.91 Å². The number of amides is 1. The molecule has 2 aromatic rings. The van der Waals surface area contributed by atoms with Gasteiger partial charge in [0.15, 0.2) is 12.4 Å². The first-order chi connectivity index (χ1) is 14.2. The molecule has 0 heterocycles. The van der Waals surface area contributed by atoms with Crippen LogP contribution in [0.25, 0.3) is 0 Å². The topological polar surface area (TPSA) is 143 Å². The molecule has 1 amide bonds. The first-order valence-corrected chi connectivity index (χ1v) is 10.4. The lowest BCUT2D eigenvalue weighted by Crippen LogP contribution is -2.30. The Hall–Kier alpha value is -3.49. The number of carbonyl (C=O) groups excluding carboxylic acids is 1. The maximum Gasteiger partial charge on any atom is 0.312 e. The summed E-state index contributed by atoms with van der Waals surface area (Å²) < 4.78 is 31.6. The lowest BCUT2D eigenvalue weighted by atomic mass is 10.2. The molecule has 2 rings (SSSR count). The monoisotopic (exact) mass is 432 g/mol. The molecule has 0 aliphatic rings. The Bertz CT molecular complexity index is 1090. The molecule has 0 saturated carbocycles. The summed E-state index contributed by atoms with van der Waals surface area (Å²) in [5.41, 5.74) is 0.162. The van der Waals surface area contributed by atoms with Gasteiger partial charge in [-0.15, -0.1) is 0 Å². The number of carbonyl (C=O) groups is 1. The predicted octanol–water partition coefficient (Wildman–Crippen LogP) is 2.51. The Morgan fingerprint density at radius 3 is 2.53 bits per heavy atom. The molecule has 0 fully saturated rings. The third-order valence-corrected chi connectivity index (χ3v) is 6.15. The zero-order valence-corrected chi connectivity index (χ0v) is 17.2. The zero-order valence-electron chi connectivity index (χ0n) is 16.4. The SMILES string of the molecule is CCN(CC)S(=O)(=O)c1ccc(OCC(=O)Nc2cccc(C#N)c2)c([N+](=O)[O-])c1. The van der Waals surface area contributed by atoms with Crippen molar-refractivity contribution in [1.29, 1.82) is 5.26 Å². The van der Waals surface area contributed by atoms with E-state index in [9.17, 15) is 23.3 Å². The van der Waals surface area contributed by atoms with Crippen molar-refractivity contribution in [2.75, 3.05) is 25.0 Å². The Labute approximate surface area is 173 Å². The van der Waals surface area contributed by atoms with Gasteiger partial charge < -0.3 is 10.1 Å². The van der Waals surface area contributed by atoms with Gasteiger partial charge in [0.05, 0.1) is 21.5 Å². The number of nitro groups is 1. The van der Waals surface area contributed by atoms with Crippen LogP contribution in [0.5, 0.6) is 5.75 Å². The minimum atomic E-state index is -3.88. The standard InChI is InChI=1S/C19H20N4O6S/c1-3-22(4-2)30(27,28)16-8-9-18(17(11-16)23(25)26)29-13-19(24)21-15-7-5-6-14(10-15)12-20/h5-11H,3-4,13H2,1-2H3,(H,21,24). The van der Waals surface area contributed by atoms with E-state index in [2.05, 4.69) is 5.32 Å². The number of nitro benzene ring substituents is 1. The van der Waals surface area contributed by atoms with Gasteiger partial charge in [-0.3, -0.25) is 14.9 Å². The molecule has 11 heteroatoms. The maximum atomic E-state index is 12.6. The van der Waals surface area contributed by atoms with Gasteiger partial charge in [-0.05, 0) is 30.3 Å². The second-order valence-electron chi connectivity index (χ2n) is 6.01. The molecule has 1 N–H and O–H groups in total. The number of hydrogen-bond acceptors (Lipinski definition) is 7. The van der Waals surface area contributed by atoms with Crippen LogP contribution in [-0.4, -0.2) is 43.2 Å². The number of hydrogen-bond donors (Lipinski definition) is 1. The molecule has 2 aromatic carbocycles. The number of nitrogens with zero attached hydrogens (tertiary/aromatic N) is 3. The van der Waals surface area contributed by atoms with E-state index in [1.165, 1.54) is 16.4 Å². The average Bonchev–Trinajstić information content (AvgIpc) is 2.72. The van der Waals surface area contributed by atoms with E-state index in [-0.39, 0.29) is 23.7 Å². The number of nitrogens with one attached hydrogen (secondary N) is 1. The highest BCUT2D eigenvalue weighted by atomic mass is 32.2. The Kier molecular flexibility index (Phi) is 7.46. The summed E-state index contributed by atoms with van der Waals surface area (Å²) in [6.45, 7) is 3.23. The second-order valence-corrected chi connectivity index (χ2v) is 7.94. The Balaban J connectivity index is 2.18. The van der Waals surface area contributed by atoms with Crippen molar-refractivity contribution in [1.82, 2.24) is 4.31 Å². The number of sulfonamides is 1. The quantitative estimate of drug-likeness (QED) is 0.474. The summed E-state index contributed by atoms with van der Waals surface area (Å²) in [4.78, 5) is 22.5. The molecule has 158 valence electrons. The molecule has 0 aliphatic carbocycles. The minimum Gasteiger partial charge on any atom is -0.477 e. The second kappa shape index (κ2) is 9.82. The normalized spacial score (nSPS) is 11.0. The third-order valence-electron chi connectivity index (χ3n) is 4.10. The summed E-state index contributed by atoms with van der Waals surface area (Å²) in [6.07, 6.45) is 0. The summed E-state index contributed by atoms with van der Waals surface area (Å²) >= 11 is 0. The fraction of sp³-hybridized carbons (Fsp3) is 0.263. The molecule has 0 aliphatic heterocycles. The highest BCUT2D eigenvalue weighted by Gasteiger charge is 2.26. The Morgan fingerprint density at radius 1 is 1.23 bits per heavy atom. The highest BCUT2D eigenvalue weighted by molar-refractivity contribution is 7.89. The molecule has 0 atom stereocenters. The molecular weight excluding hydrogens is 412 g/mol. The van der Waals surface area contributed by atoms with Gasteiger partial charge in [0.2, 0.25) is 10.0 Å². The lowest BCUT2D eigenvalue weighted by molar-refractivity contribution is -0.386. The first kappa shape index (κ1) is 22.8. The van der Waals surface area contributed by atoms with Crippen LogP contribution in [-0.2, 0) is 14.8 Å². The summed E-state index contributed by atoms with van der Waals surface area (Å²) in [6, 6.07) is 11.4. The first-order valence-electron chi connectivity index (χ1n) is 8.94. The number of benzene rings is 2. The lowest BCUT2D eigenvalue weighted by Gasteiger charge is -2.18. The molecule has 0 unspecified atom stereocenters. The number of ether oxygens (including phenoxy) is 1. The van der Waals surface area contributed by atoms with Crippen LogP contribution in [0.4, 0.5) is 11.4 Å². The molecule has 0 bridgehead atoms. The van der Waals surface area contributed by atoms with Gasteiger partial charge in [-0.1, -0.05) is 19.9 Å². The van der Waals surface area contributed by atoms with E-state index >= 15 is 0 Å². The zero-order chi connectivity index (χ0) is 22.3. The van der Waals surface area contributed by atoms with Crippen molar-refractivity contribution in [3.63, 3.8) is 0 Å². The van der Waals surface area contributed by atoms with Crippen molar-refractivity contribution in [3.8, 4) is 11.8 Å². The molecule has 0 radical (unpaired) electrons. The van der Waals surface area contributed by atoms with E-state index in [0.717, 1.165) is 12.1 Å². The smallest absolute Gasteiger partial charge is 0.312 e. The number of nitriles is 1. The van der Waals surface area contributed by atoms with Gasteiger partial charge in [0, 0.05) is 24.8 Å². The molecule has 0 aromatic heterocycles. The van der Waals surface area contributed by atoms with E-state index in [4.69, 9.17) is 10.00 Å². The average molecular weight is 432 g/mol. The largest absolute Gasteiger partial charge is 0.477 e. The van der Waals surface area contributed by atoms with Gasteiger partial charge in [-0.25, -0.2) is 8.42 Å². The molecule has 30 heavy (non-hydrogen) atoms. The van der Waals surface area contributed by atoms with E-state index in [1.807, 2.05) is 6.07 Å². The van der Waals surface area contributed by atoms with Gasteiger partial charge in [-0.2, -0.15) is 9.57 Å². The summed E-state index contributed by atoms with van der Waals surface area (Å²) in [7, 11) is -3.88. The van der Waals surface area contributed by atoms with Crippen molar-refractivity contribution in [3.05, 3.63) is 58.1 Å². The van der Waals surface area contributed by atoms with Gasteiger partial charge in [0.1, 0.15) is 0 Å². The van der Waals surface area contributed by atoms with Crippen LogP contribution in [0.1, 0.15) is 19.4 Å². The van der Waals surface area contributed by atoms with Crippen molar-refractivity contribution in [2.45, 2.75) is 18.7 Å². The summed E-state index contributed by atoms with van der Waals surface area (Å²) in [5.74, 6) is -0.835. The van der Waals surface area contributed by atoms with Crippen LogP contribution in [0.2, 0.25) is 0 Å². The summed E-state index contributed by atoms with van der Waals surface area (Å²) in [5, 5.41) is 22.8. The van der Waals surface area contributed by atoms with E-state index in [0.29, 0.717) is 11.3 Å². The van der Waals surface area contributed by atoms with Gasteiger partial charge >= 0.3 is 5.69 Å². The number of anilines is 1. The van der Waals surface area contributed by atoms with Crippen molar-refractivity contribution in [2.24, 2.45) is 0 Å². The highest BCUT2D eigenvalue weighted by Crippen LogP contribution is 2.31. The fourth-order valence-electron chi connectivity index (χ4n) is 2.64. The fourth-order valence-corrected chi connectivity index (χ4v) is 4.12.